The van der Waals surface area contributed by atoms with Gasteiger partial charge in [-0.15, -0.1) is 0 Å². The van der Waals surface area contributed by atoms with Crippen molar-refractivity contribution in [2.45, 2.75) is 33.9 Å². The Bertz CT molecular complexity index is 690. The Balaban J connectivity index is 2.02. The summed E-state index contributed by atoms with van der Waals surface area (Å²) in [6, 6.07) is 9.60. The highest BCUT2D eigenvalue weighted by molar-refractivity contribution is 5.92. The lowest BCUT2D eigenvalue weighted by atomic mass is 10.2. The average molecular weight is 314 g/mol. The van der Waals surface area contributed by atoms with Gasteiger partial charge in [0.05, 0.1) is 5.56 Å². The van der Waals surface area contributed by atoms with E-state index in [1.165, 1.54) is 6.92 Å². The number of hydrogen-bond acceptors (Lipinski definition) is 3. The van der Waals surface area contributed by atoms with Gasteiger partial charge in [-0.05, 0) is 25.0 Å². The van der Waals surface area contributed by atoms with Crippen molar-refractivity contribution in [2.75, 3.05) is 6.54 Å². The van der Waals surface area contributed by atoms with Crippen LogP contribution >= 0.6 is 0 Å². The second-order valence-corrected chi connectivity index (χ2v) is 5.51. The molecule has 0 saturated carbocycles. The number of nitrogens with zero attached hydrogens (tertiary/aromatic N) is 1. The molecule has 0 aliphatic heterocycles. The number of carbonyl (C=O) groups excluding carboxylic acids is 2. The molecule has 0 aliphatic rings. The van der Waals surface area contributed by atoms with Crippen molar-refractivity contribution < 1.29 is 14.3 Å². The minimum Gasteiger partial charge on any atom is -0.457 e. The summed E-state index contributed by atoms with van der Waals surface area (Å²) in [4.78, 5) is 23.3. The summed E-state index contributed by atoms with van der Waals surface area (Å²) in [5.74, 6) is -0.379. The van der Waals surface area contributed by atoms with Gasteiger partial charge in [-0.2, -0.15) is 0 Å². The lowest BCUT2D eigenvalue weighted by Gasteiger charge is -2.08. The van der Waals surface area contributed by atoms with Crippen molar-refractivity contribution >= 4 is 11.9 Å². The quantitative estimate of drug-likeness (QED) is 0.834. The zero-order chi connectivity index (χ0) is 16.8. The van der Waals surface area contributed by atoms with Crippen LogP contribution in [-0.2, 0) is 22.7 Å². The van der Waals surface area contributed by atoms with E-state index in [1.807, 2.05) is 54.9 Å². The predicted molar refractivity (Wildman–Crippen MR) is 88.2 cm³/mol. The van der Waals surface area contributed by atoms with Crippen molar-refractivity contribution in [3.63, 3.8) is 0 Å². The maximum Gasteiger partial charge on any atom is 0.340 e. The van der Waals surface area contributed by atoms with Crippen LogP contribution in [0.15, 0.2) is 36.5 Å². The molecule has 0 radical (unpaired) electrons. The van der Waals surface area contributed by atoms with Crippen LogP contribution < -0.4 is 5.32 Å². The van der Waals surface area contributed by atoms with Gasteiger partial charge in [0, 0.05) is 31.9 Å². The van der Waals surface area contributed by atoms with E-state index in [4.69, 9.17) is 4.74 Å². The minimum atomic E-state index is -0.317. The Morgan fingerprint density at radius 3 is 2.52 bits per heavy atom. The molecule has 1 aromatic heterocycles. The summed E-state index contributed by atoms with van der Waals surface area (Å²) in [6.45, 7) is 6.68. The topological polar surface area (TPSA) is 60.3 Å². The van der Waals surface area contributed by atoms with Gasteiger partial charge in [-0.1, -0.05) is 30.3 Å². The average Bonchev–Trinajstić information content (AvgIpc) is 2.80. The summed E-state index contributed by atoms with van der Waals surface area (Å²) < 4.78 is 7.37. The molecule has 1 heterocycles. The molecular weight excluding hydrogens is 292 g/mol. The van der Waals surface area contributed by atoms with Gasteiger partial charge in [0.1, 0.15) is 6.61 Å². The van der Waals surface area contributed by atoms with Gasteiger partial charge >= 0.3 is 5.97 Å². The van der Waals surface area contributed by atoms with Gasteiger partial charge in [0.2, 0.25) is 5.91 Å². The number of aromatic nitrogens is 1. The molecule has 0 atom stereocenters. The van der Waals surface area contributed by atoms with Crippen molar-refractivity contribution in [2.24, 2.45) is 0 Å². The zero-order valence-corrected chi connectivity index (χ0v) is 13.8. The van der Waals surface area contributed by atoms with Gasteiger partial charge in [0.25, 0.3) is 0 Å². The van der Waals surface area contributed by atoms with E-state index in [0.717, 1.165) is 16.8 Å². The number of amides is 1. The molecule has 1 amide bonds. The largest absolute Gasteiger partial charge is 0.457 e. The first-order chi connectivity index (χ1) is 11.0. The van der Waals surface area contributed by atoms with Crippen LogP contribution in [0.4, 0.5) is 0 Å². The highest BCUT2D eigenvalue weighted by Gasteiger charge is 2.18. The first-order valence-corrected chi connectivity index (χ1v) is 7.61. The third kappa shape index (κ3) is 4.45. The first-order valence-electron chi connectivity index (χ1n) is 7.61. The third-order valence-corrected chi connectivity index (χ3v) is 3.68. The van der Waals surface area contributed by atoms with E-state index in [9.17, 15) is 9.59 Å². The monoisotopic (exact) mass is 314 g/mol. The second kappa shape index (κ2) is 7.63. The summed E-state index contributed by atoms with van der Waals surface area (Å²) >= 11 is 0. The Morgan fingerprint density at radius 1 is 1.17 bits per heavy atom. The number of nitrogens with one attached hydrogen (secondary N) is 1. The minimum absolute atomic E-state index is 0.0611. The van der Waals surface area contributed by atoms with Crippen LogP contribution in [0.5, 0.6) is 0 Å². The maximum atomic E-state index is 12.3. The van der Waals surface area contributed by atoms with Gasteiger partial charge in [0.15, 0.2) is 0 Å². The number of benzene rings is 1. The highest BCUT2D eigenvalue weighted by Crippen LogP contribution is 2.18. The van der Waals surface area contributed by atoms with Crippen molar-refractivity contribution in [1.29, 1.82) is 0 Å². The smallest absolute Gasteiger partial charge is 0.340 e. The summed E-state index contributed by atoms with van der Waals surface area (Å²) in [7, 11) is 0. The number of ether oxygens (including phenoxy) is 1. The van der Waals surface area contributed by atoms with Crippen LogP contribution in [0, 0.1) is 13.8 Å². The van der Waals surface area contributed by atoms with Crippen LogP contribution in [0.25, 0.3) is 0 Å². The fourth-order valence-electron chi connectivity index (χ4n) is 2.51. The van der Waals surface area contributed by atoms with Crippen molar-refractivity contribution in [1.82, 2.24) is 9.88 Å². The van der Waals surface area contributed by atoms with Crippen LogP contribution in [0.1, 0.15) is 34.1 Å². The summed E-state index contributed by atoms with van der Waals surface area (Å²) in [6.07, 6.45) is 1.91. The molecule has 1 aromatic carbocycles. The van der Waals surface area contributed by atoms with Crippen molar-refractivity contribution in [3.8, 4) is 0 Å². The number of rotatable bonds is 6. The summed E-state index contributed by atoms with van der Waals surface area (Å²) in [5.41, 5.74) is 3.29. The molecule has 0 unspecified atom stereocenters. The van der Waals surface area contributed by atoms with Gasteiger partial charge < -0.3 is 14.6 Å². The van der Waals surface area contributed by atoms with E-state index in [1.54, 1.807) is 0 Å². The SMILES string of the molecule is CC(=O)NCCn1cc(C)c(C(=O)OCc2ccccc2)c1C. The molecule has 23 heavy (non-hydrogen) atoms. The normalized spacial score (nSPS) is 10.4. The predicted octanol–water partition coefficient (Wildman–Crippen LogP) is 2.60. The molecule has 5 nitrogen and oxygen atoms in total. The number of carbonyl (C=O) groups is 2. The fourth-order valence-corrected chi connectivity index (χ4v) is 2.51. The Morgan fingerprint density at radius 2 is 1.87 bits per heavy atom. The lowest BCUT2D eigenvalue weighted by Crippen LogP contribution is -2.24. The number of esters is 1. The van der Waals surface area contributed by atoms with Crippen LogP contribution in [0.3, 0.4) is 0 Å². The molecule has 122 valence electrons. The van der Waals surface area contributed by atoms with Crippen molar-refractivity contribution in [3.05, 3.63) is 58.9 Å². The lowest BCUT2D eigenvalue weighted by molar-refractivity contribution is -0.118. The molecule has 2 aromatic rings. The molecular formula is C18H22N2O3. The molecule has 2 rings (SSSR count). The Kier molecular flexibility index (Phi) is 5.57. The Hall–Kier alpha value is -2.56. The van der Waals surface area contributed by atoms with E-state index >= 15 is 0 Å². The Labute approximate surface area is 136 Å². The second-order valence-electron chi connectivity index (χ2n) is 5.51. The summed E-state index contributed by atoms with van der Waals surface area (Å²) in [5, 5.41) is 2.75. The number of hydrogen-bond donors (Lipinski definition) is 1. The van der Waals surface area contributed by atoms with E-state index in [-0.39, 0.29) is 18.5 Å². The molecule has 0 spiro atoms. The van der Waals surface area contributed by atoms with E-state index < -0.39 is 0 Å². The fraction of sp³-hybridized carbons (Fsp3) is 0.333. The number of aryl methyl sites for hydroxylation is 1. The molecule has 0 bridgehead atoms. The zero-order valence-electron chi connectivity index (χ0n) is 13.8. The molecule has 5 heteroatoms. The molecule has 0 aliphatic carbocycles. The third-order valence-electron chi connectivity index (χ3n) is 3.68. The molecule has 0 fully saturated rings. The van der Waals surface area contributed by atoms with Gasteiger partial charge in [-0.3, -0.25) is 4.79 Å². The first kappa shape index (κ1) is 16.8. The molecule has 1 N–H and O–H groups in total. The van der Waals surface area contributed by atoms with Gasteiger partial charge in [-0.25, -0.2) is 4.79 Å². The van der Waals surface area contributed by atoms with Crippen LogP contribution in [0.2, 0.25) is 0 Å². The highest BCUT2D eigenvalue weighted by atomic mass is 16.5. The van der Waals surface area contributed by atoms with E-state index in [0.29, 0.717) is 18.7 Å². The maximum absolute atomic E-state index is 12.3. The standard InChI is InChI=1S/C18H22N2O3/c1-13-11-20(10-9-19-15(3)21)14(2)17(13)18(22)23-12-16-7-5-4-6-8-16/h4-8,11H,9-10,12H2,1-3H3,(H,19,21). The van der Waals surface area contributed by atoms with E-state index in [2.05, 4.69) is 5.32 Å². The molecule has 0 saturated heterocycles. The van der Waals surface area contributed by atoms with Crippen LogP contribution in [-0.4, -0.2) is 23.0 Å².